The Morgan fingerprint density at radius 2 is 2.23 bits per heavy atom. The van der Waals surface area contributed by atoms with Gasteiger partial charge >= 0.3 is 6.03 Å². The van der Waals surface area contributed by atoms with E-state index in [4.69, 9.17) is 10.3 Å². The number of primary amides is 1. The van der Waals surface area contributed by atoms with Gasteiger partial charge in [-0.3, -0.25) is 9.69 Å². The maximum absolute atomic E-state index is 12.0. The predicted molar refractivity (Wildman–Crippen MR) is 80.6 cm³/mol. The first kappa shape index (κ1) is 14.1. The van der Waals surface area contributed by atoms with Crippen molar-refractivity contribution < 1.29 is 14.1 Å². The lowest BCUT2D eigenvalue weighted by Crippen LogP contribution is -2.33. The van der Waals surface area contributed by atoms with E-state index >= 15 is 0 Å². The van der Waals surface area contributed by atoms with Gasteiger partial charge in [-0.1, -0.05) is 5.16 Å². The van der Waals surface area contributed by atoms with Crippen molar-refractivity contribution in [1.82, 2.24) is 5.16 Å². The van der Waals surface area contributed by atoms with E-state index in [1.807, 2.05) is 6.07 Å². The van der Waals surface area contributed by atoms with Gasteiger partial charge in [-0.25, -0.2) is 4.79 Å². The predicted octanol–water partition coefficient (Wildman–Crippen LogP) is 1.61. The van der Waals surface area contributed by atoms with Crippen molar-refractivity contribution in [3.8, 4) is 0 Å². The Kier molecular flexibility index (Phi) is 3.54. The number of hydrogen-bond donors (Lipinski definition) is 2. The minimum Gasteiger partial charge on any atom is -0.361 e. The number of urea groups is 1. The number of aromatic nitrogens is 1. The molecule has 2 aromatic rings. The molecule has 7 nitrogen and oxygen atoms in total. The molecule has 0 unspecified atom stereocenters. The third-order valence-corrected chi connectivity index (χ3v) is 3.54. The molecule has 1 aromatic carbocycles. The minimum absolute atomic E-state index is 0.130. The van der Waals surface area contributed by atoms with Crippen molar-refractivity contribution in [3.63, 3.8) is 0 Å². The second kappa shape index (κ2) is 5.51. The summed E-state index contributed by atoms with van der Waals surface area (Å²) in [6.45, 7) is 2.37. The molecule has 1 aliphatic rings. The Morgan fingerprint density at radius 1 is 1.41 bits per heavy atom. The molecule has 114 valence electrons. The number of anilines is 2. The van der Waals surface area contributed by atoms with Gasteiger partial charge in [-0.05, 0) is 37.1 Å². The zero-order valence-electron chi connectivity index (χ0n) is 12.1. The number of nitrogens with zero attached hydrogens (tertiary/aromatic N) is 2. The van der Waals surface area contributed by atoms with E-state index in [9.17, 15) is 9.59 Å². The summed E-state index contributed by atoms with van der Waals surface area (Å²) < 4.78 is 5.02. The summed E-state index contributed by atoms with van der Waals surface area (Å²) >= 11 is 0. The fourth-order valence-corrected chi connectivity index (χ4v) is 2.57. The van der Waals surface area contributed by atoms with Gasteiger partial charge in [-0.15, -0.1) is 0 Å². The quantitative estimate of drug-likeness (QED) is 0.899. The van der Waals surface area contributed by atoms with Gasteiger partial charge in [0, 0.05) is 24.0 Å². The number of nitrogens with one attached hydrogen (secondary N) is 1. The molecule has 0 atom stereocenters. The lowest BCUT2D eigenvalue weighted by molar-refractivity contribution is -0.115. The summed E-state index contributed by atoms with van der Waals surface area (Å²) in [6, 6.07) is 6.68. The van der Waals surface area contributed by atoms with Crippen molar-refractivity contribution in [2.24, 2.45) is 5.73 Å². The standard InChI is InChI=1S/C15H16N4O3/c1-9-6-12(22-18-9)8-14(20)17-11-2-3-13-10(7-11)4-5-19(13)15(16)21/h2-3,6-7H,4-5,8H2,1H3,(H2,16,21)(H,17,20). The molecule has 0 radical (unpaired) electrons. The first-order chi connectivity index (χ1) is 10.5. The molecule has 0 saturated carbocycles. The number of amides is 3. The summed E-state index contributed by atoms with van der Waals surface area (Å²) in [5.41, 5.74) is 8.54. The largest absolute Gasteiger partial charge is 0.361 e. The molecule has 3 N–H and O–H groups in total. The third kappa shape index (κ3) is 2.78. The Hall–Kier alpha value is -2.83. The molecule has 0 fully saturated rings. The second-order valence-electron chi connectivity index (χ2n) is 5.24. The van der Waals surface area contributed by atoms with Gasteiger partial charge in [0.15, 0.2) is 0 Å². The third-order valence-electron chi connectivity index (χ3n) is 3.54. The topological polar surface area (TPSA) is 101 Å². The van der Waals surface area contributed by atoms with Gasteiger partial charge in [-0.2, -0.15) is 0 Å². The van der Waals surface area contributed by atoms with Crippen LogP contribution in [-0.4, -0.2) is 23.6 Å². The highest BCUT2D eigenvalue weighted by atomic mass is 16.5. The summed E-state index contributed by atoms with van der Waals surface area (Å²) in [5.74, 6) is 0.344. The van der Waals surface area contributed by atoms with Crippen LogP contribution in [0.1, 0.15) is 17.0 Å². The van der Waals surface area contributed by atoms with E-state index in [0.717, 1.165) is 23.4 Å². The number of hydrogen-bond acceptors (Lipinski definition) is 4. The summed E-state index contributed by atoms with van der Waals surface area (Å²) in [7, 11) is 0. The van der Waals surface area contributed by atoms with E-state index in [2.05, 4.69) is 10.5 Å². The highest BCUT2D eigenvalue weighted by Crippen LogP contribution is 2.30. The van der Waals surface area contributed by atoms with Crippen LogP contribution in [-0.2, 0) is 17.6 Å². The van der Waals surface area contributed by atoms with Crippen LogP contribution in [0.4, 0.5) is 16.2 Å². The maximum atomic E-state index is 12.0. The molecular formula is C15H16N4O3. The van der Waals surface area contributed by atoms with Crippen molar-refractivity contribution >= 4 is 23.3 Å². The van der Waals surface area contributed by atoms with E-state index in [-0.39, 0.29) is 12.3 Å². The average molecular weight is 300 g/mol. The molecule has 3 amide bonds. The lowest BCUT2D eigenvalue weighted by atomic mass is 10.1. The average Bonchev–Trinajstić information content (AvgIpc) is 3.04. The summed E-state index contributed by atoms with van der Waals surface area (Å²) in [4.78, 5) is 24.8. The van der Waals surface area contributed by atoms with Crippen molar-refractivity contribution in [3.05, 3.63) is 41.3 Å². The van der Waals surface area contributed by atoms with E-state index in [1.54, 1.807) is 25.1 Å². The van der Waals surface area contributed by atoms with Crippen LogP contribution in [0.2, 0.25) is 0 Å². The van der Waals surface area contributed by atoms with Gasteiger partial charge < -0.3 is 15.6 Å². The highest BCUT2D eigenvalue weighted by Gasteiger charge is 2.23. The molecular weight excluding hydrogens is 284 g/mol. The molecule has 1 aliphatic heterocycles. The Labute approximate surface area is 127 Å². The SMILES string of the molecule is Cc1cc(CC(=O)Nc2ccc3c(c2)CCN3C(N)=O)on1. The lowest BCUT2D eigenvalue weighted by Gasteiger charge is -2.14. The Balaban J connectivity index is 1.69. The molecule has 7 heteroatoms. The normalized spacial score (nSPS) is 13.0. The van der Waals surface area contributed by atoms with Gasteiger partial charge in [0.25, 0.3) is 0 Å². The van der Waals surface area contributed by atoms with Crippen molar-refractivity contribution in [2.75, 3.05) is 16.8 Å². The molecule has 3 rings (SSSR count). The highest BCUT2D eigenvalue weighted by molar-refractivity contribution is 5.95. The Bertz CT molecular complexity index is 738. The smallest absolute Gasteiger partial charge is 0.319 e. The molecule has 2 heterocycles. The number of benzene rings is 1. The van der Waals surface area contributed by atoms with Gasteiger partial charge in [0.1, 0.15) is 5.76 Å². The number of rotatable bonds is 3. The van der Waals surface area contributed by atoms with Crippen LogP contribution in [0.25, 0.3) is 0 Å². The van der Waals surface area contributed by atoms with E-state index in [1.165, 1.54) is 4.90 Å². The van der Waals surface area contributed by atoms with Gasteiger partial charge in [0.05, 0.1) is 12.1 Å². The zero-order chi connectivity index (χ0) is 15.7. The minimum atomic E-state index is -0.462. The van der Waals surface area contributed by atoms with E-state index < -0.39 is 6.03 Å². The number of nitrogens with two attached hydrogens (primary N) is 1. The monoisotopic (exact) mass is 300 g/mol. The molecule has 0 saturated heterocycles. The first-order valence-electron chi connectivity index (χ1n) is 6.95. The van der Waals surface area contributed by atoms with Crippen molar-refractivity contribution in [2.45, 2.75) is 19.8 Å². The van der Waals surface area contributed by atoms with Crippen molar-refractivity contribution in [1.29, 1.82) is 0 Å². The second-order valence-corrected chi connectivity index (χ2v) is 5.24. The number of carbonyl (C=O) groups is 2. The zero-order valence-corrected chi connectivity index (χ0v) is 12.1. The maximum Gasteiger partial charge on any atom is 0.319 e. The number of carbonyl (C=O) groups excluding carboxylic acids is 2. The molecule has 0 bridgehead atoms. The Morgan fingerprint density at radius 3 is 2.91 bits per heavy atom. The number of aryl methyl sites for hydroxylation is 1. The van der Waals surface area contributed by atoms with Crippen LogP contribution in [0.3, 0.4) is 0 Å². The fraction of sp³-hybridized carbons (Fsp3) is 0.267. The summed E-state index contributed by atoms with van der Waals surface area (Å²) in [5, 5.41) is 6.56. The van der Waals surface area contributed by atoms with E-state index in [0.29, 0.717) is 18.0 Å². The first-order valence-corrected chi connectivity index (χ1v) is 6.95. The molecule has 1 aromatic heterocycles. The van der Waals surface area contributed by atoms with Crippen LogP contribution >= 0.6 is 0 Å². The van der Waals surface area contributed by atoms with Crippen LogP contribution in [0.5, 0.6) is 0 Å². The van der Waals surface area contributed by atoms with Crippen LogP contribution in [0.15, 0.2) is 28.8 Å². The molecule has 22 heavy (non-hydrogen) atoms. The van der Waals surface area contributed by atoms with Crippen LogP contribution < -0.4 is 16.0 Å². The van der Waals surface area contributed by atoms with Gasteiger partial charge in [0.2, 0.25) is 5.91 Å². The summed E-state index contributed by atoms with van der Waals surface area (Å²) in [6.07, 6.45) is 0.856. The fourth-order valence-electron chi connectivity index (χ4n) is 2.57. The number of fused-ring (bicyclic) bond motifs is 1. The molecule has 0 spiro atoms. The van der Waals surface area contributed by atoms with Crippen LogP contribution in [0, 0.1) is 6.92 Å². The molecule has 0 aliphatic carbocycles.